The summed E-state index contributed by atoms with van der Waals surface area (Å²) in [6, 6.07) is 5.97. The topological polar surface area (TPSA) is 34.9 Å². The number of aromatic nitrogens is 2. The molecule has 0 radical (unpaired) electrons. The molecule has 3 nitrogen and oxygen atoms in total. The second-order valence-electron chi connectivity index (χ2n) is 7.33. The van der Waals surface area contributed by atoms with Crippen LogP contribution in [0.1, 0.15) is 38.8 Å². The lowest BCUT2D eigenvalue weighted by Crippen LogP contribution is -2.62. The van der Waals surface area contributed by atoms with Crippen LogP contribution in [0, 0.1) is 0 Å². The number of halogens is 9. The zero-order valence-corrected chi connectivity index (χ0v) is 16.6. The fourth-order valence-electron chi connectivity index (χ4n) is 3.49. The van der Waals surface area contributed by atoms with Crippen LogP contribution < -0.4 is 5.56 Å². The van der Waals surface area contributed by atoms with Crippen LogP contribution in [0.2, 0.25) is 0 Å². The standard InChI is InChI=1S/C19H19F9N2O/c1-4-15(5-2,10-16(20,21)17(22,23)18(24,25)19(26,27)28)13-14(31)30(3)12-9-7-6-8-11(12)29-13/h6-9H,4-5,10H2,1-3H3. The molecule has 0 aliphatic heterocycles. The first-order chi connectivity index (χ1) is 14.0. The van der Waals surface area contributed by atoms with Gasteiger partial charge < -0.3 is 4.57 Å². The van der Waals surface area contributed by atoms with Gasteiger partial charge in [0.2, 0.25) is 0 Å². The van der Waals surface area contributed by atoms with Crippen molar-refractivity contribution in [2.45, 2.75) is 62.5 Å². The number of nitrogens with zero attached hydrogens (tertiary/aromatic N) is 2. The Morgan fingerprint density at radius 3 is 1.87 bits per heavy atom. The molecule has 1 aromatic carbocycles. The number of benzene rings is 1. The van der Waals surface area contributed by atoms with Crippen LogP contribution in [0.25, 0.3) is 11.0 Å². The SMILES string of the molecule is CCC(CC)(CC(F)(F)C(F)(F)C(F)(F)C(F)(F)F)c1nc2ccccc2n(C)c1=O. The maximum Gasteiger partial charge on any atom is 0.460 e. The van der Waals surface area contributed by atoms with Crippen LogP contribution in [0.15, 0.2) is 29.1 Å². The molecule has 0 aliphatic rings. The normalized spacial score (nSPS) is 14.3. The Morgan fingerprint density at radius 1 is 0.871 bits per heavy atom. The third-order valence-electron chi connectivity index (χ3n) is 5.61. The highest BCUT2D eigenvalue weighted by molar-refractivity contribution is 5.74. The number of rotatable bonds is 7. The van der Waals surface area contributed by atoms with E-state index >= 15 is 0 Å². The van der Waals surface area contributed by atoms with E-state index in [1.165, 1.54) is 39.1 Å². The molecule has 174 valence electrons. The van der Waals surface area contributed by atoms with E-state index in [0.717, 1.165) is 4.57 Å². The Kier molecular flexibility index (Phi) is 6.21. The summed E-state index contributed by atoms with van der Waals surface area (Å²) in [5.74, 6) is -19.6. The van der Waals surface area contributed by atoms with Gasteiger partial charge in [0.25, 0.3) is 5.56 Å². The number of fused-ring (bicyclic) bond motifs is 1. The molecule has 0 bridgehead atoms. The molecule has 0 amide bonds. The maximum absolute atomic E-state index is 14.5. The van der Waals surface area contributed by atoms with Gasteiger partial charge >= 0.3 is 23.9 Å². The molecule has 0 spiro atoms. The van der Waals surface area contributed by atoms with Gasteiger partial charge in [-0.2, -0.15) is 39.5 Å². The molecule has 0 N–H and O–H groups in total. The highest BCUT2D eigenvalue weighted by Gasteiger charge is 2.82. The second kappa shape index (κ2) is 7.70. The van der Waals surface area contributed by atoms with Crippen molar-refractivity contribution in [1.29, 1.82) is 0 Å². The summed E-state index contributed by atoms with van der Waals surface area (Å²) in [7, 11) is 1.27. The molecule has 0 saturated heterocycles. The van der Waals surface area contributed by atoms with E-state index in [2.05, 4.69) is 4.98 Å². The average Bonchev–Trinajstić information content (AvgIpc) is 2.68. The van der Waals surface area contributed by atoms with Crippen molar-refractivity contribution in [3.05, 3.63) is 40.3 Å². The molecule has 0 fully saturated rings. The van der Waals surface area contributed by atoms with Gasteiger partial charge in [-0.15, -0.1) is 0 Å². The lowest BCUT2D eigenvalue weighted by molar-refractivity contribution is -0.398. The monoisotopic (exact) mass is 462 g/mol. The van der Waals surface area contributed by atoms with E-state index < -0.39 is 59.9 Å². The van der Waals surface area contributed by atoms with E-state index in [0.29, 0.717) is 0 Å². The predicted octanol–water partition coefficient (Wildman–Crippen LogP) is 5.85. The minimum Gasteiger partial charge on any atom is -0.308 e. The average molecular weight is 462 g/mol. The number of hydrogen-bond donors (Lipinski definition) is 0. The van der Waals surface area contributed by atoms with Gasteiger partial charge in [0.15, 0.2) is 0 Å². The first-order valence-electron chi connectivity index (χ1n) is 9.15. The van der Waals surface area contributed by atoms with Crippen molar-refractivity contribution in [3.8, 4) is 0 Å². The molecule has 1 heterocycles. The molecule has 0 saturated carbocycles. The Bertz CT molecular complexity index is 1010. The van der Waals surface area contributed by atoms with Crippen molar-refractivity contribution in [1.82, 2.24) is 9.55 Å². The van der Waals surface area contributed by atoms with Crippen LogP contribution in [-0.4, -0.2) is 33.5 Å². The highest BCUT2D eigenvalue weighted by atomic mass is 19.4. The maximum atomic E-state index is 14.5. The fraction of sp³-hybridized carbons (Fsp3) is 0.579. The van der Waals surface area contributed by atoms with Crippen LogP contribution in [0.3, 0.4) is 0 Å². The molecule has 0 atom stereocenters. The summed E-state index contributed by atoms with van der Waals surface area (Å²) in [6.07, 6.45) is -9.91. The van der Waals surface area contributed by atoms with Crippen LogP contribution in [0.5, 0.6) is 0 Å². The molecule has 2 aromatic rings. The van der Waals surface area contributed by atoms with Gasteiger partial charge in [-0.05, 0) is 25.0 Å². The smallest absolute Gasteiger partial charge is 0.308 e. The molecular formula is C19H19F9N2O. The largest absolute Gasteiger partial charge is 0.460 e. The predicted molar refractivity (Wildman–Crippen MR) is 94.8 cm³/mol. The van der Waals surface area contributed by atoms with E-state index in [-0.39, 0.29) is 11.0 Å². The number of aryl methyl sites for hydroxylation is 1. The third-order valence-corrected chi connectivity index (χ3v) is 5.61. The van der Waals surface area contributed by atoms with Crippen LogP contribution in [-0.2, 0) is 12.5 Å². The van der Waals surface area contributed by atoms with E-state index in [9.17, 15) is 44.3 Å². The van der Waals surface area contributed by atoms with E-state index in [1.54, 1.807) is 6.07 Å². The summed E-state index contributed by atoms with van der Waals surface area (Å²) in [4.78, 5) is 16.8. The van der Waals surface area contributed by atoms with Gasteiger partial charge in [0.05, 0.1) is 11.0 Å². The molecule has 31 heavy (non-hydrogen) atoms. The molecular weight excluding hydrogens is 443 g/mol. The Morgan fingerprint density at radius 2 is 1.39 bits per heavy atom. The van der Waals surface area contributed by atoms with Crippen molar-refractivity contribution in [2.75, 3.05) is 0 Å². The summed E-state index contributed by atoms with van der Waals surface area (Å²) < 4.78 is 122. The van der Waals surface area contributed by atoms with E-state index in [1.807, 2.05) is 0 Å². The second-order valence-corrected chi connectivity index (χ2v) is 7.33. The van der Waals surface area contributed by atoms with Crippen molar-refractivity contribution in [2.24, 2.45) is 7.05 Å². The Labute approximate surface area is 170 Å². The first kappa shape index (κ1) is 25.0. The molecule has 0 unspecified atom stereocenters. The third kappa shape index (κ3) is 3.78. The summed E-state index contributed by atoms with van der Waals surface area (Å²) in [5, 5.41) is 0. The number of alkyl halides is 9. The summed E-state index contributed by atoms with van der Waals surface area (Å²) in [6.45, 7) is 2.46. The number of hydrogen-bond acceptors (Lipinski definition) is 2. The fourth-order valence-corrected chi connectivity index (χ4v) is 3.49. The van der Waals surface area contributed by atoms with Crippen LogP contribution in [0.4, 0.5) is 39.5 Å². The lowest BCUT2D eigenvalue weighted by Gasteiger charge is -2.39. The molecule has 2 rings (SSSR count). The van der Waals surface area contributed by atoms with Crippen molar-refractivity contribution in [3.63, 3.8) is 0 Å². The highest BCUT2D eigenvalue weighted by Crippen LogP contribution is 2.56. The van der Waals surface area contributed by atoms with E-state index in [4.69, 9.17) is 0 Å². The summed E-state index contributed by atoms with van der Waals surface area (Å²) >= 11 is 0. The molecule has 12 heteroatoms. The van der Waals surface area contributed by atoms with Crippen LogP contribution >= 0.6 is 0 Å². The quantitative estimate of drug-likeness (QED) is 0.484. The minimum atomic E-state index is -6.99. The molecule has 0 aliphatic carbocycles. The van der Waals surface area contributed by atoms with Gasteiger partial charge in [0, 0.05) is 18.9 Å². The van der Waals surface area contributed by atoms with Crippen molar-refractivity contribution < 1.29 is 39.5 Å². The Balaban J connectivity index is 2.70. The first-order valence-corrected chi connectivity index (χ1v) is 9.15. The Hall–Kier alpha value is -2.27. The van der Waals surface area contributed by atoms with Gasteiger partial charge in [-0.1, -0.05) is 26.0 Å². The van der Waals surface area contributed by atoms with Gasteiger partial charge in [0.1, 0.15) is 5.69 Å². The minimum absolute atomic E-state index is 0.140. The zero-order valence-electron chi connectivity index (χ0n) is 16.6. The van der Waals surface area contributed by atoms with Gasteiger partial charge in [-0.3, -0.25) is 4.79 Å². The molecule has 1 aromatic heterocycles. The summed E-state index contributed by atoms with van der Waals surface area (Å²) in [5.41, 5.74) is -3.30. The van der Waals surface area contributed by atoms with Gasteiger partial charge in [-0.25, -0.2) is 4.98 Å². The number of para-hydroxylation sites is 2. The lowest BCUT2D eigenvalue weighted by atomic mass is 9.73. The zero-order chi connectivity index (χ0) is 24.0. The van der Waals surface area contributed by atoms with Crippen molar-refractivity contribution >= 4 is 11.0 Å².